The van der Waals surface area contributed by atoms with Crippen molar-refractivity contribution in [3.05, 3.63) is 28.3 Å². The van der Waals surface area contributed by atoms with E-state index in [2.05, 4.69) is 38.2 Å². The molecule has 0 atom stereocenters. The van der Waals surface area contributed by atoms with Gasteiger partial charge < -0.3 is 4.74 Å². The molecule has 0 aliphatic carbocycles. The number of hydrogen-bond acceptors (Lipinski definition) is 7. The predicted octanol–water partition coefficient (Wildman–Crippen LogP) is 3.48. The first-order valence-electron chi connectivity index (χ1n) is 9.79. The fraction of sp³-hybridized carbons (Fsp3) is 0.632. The van der Waals surface area contributed by atoms with Gasteiger partial charge >= 0.3 is 0 Å². The van der Waals surface area contributed by atoms with E-state index in [0.717, 1.165) is 24.6 Å². The molecule has 9 nitrogen and oxygen atoms in total. The SMILES string of the molecule is CC(C)CC(CC(C)C)=NNc1ccc(S(=O)(=O)N2CCOCC2)cc1[N+](=O)[O-]. The van der Waals surface area contributed by atoms with Crippen molar-refractivity contribution in [2.45, 2.75) is 45.4 Å². The molecule has 1 fully saturated rings. The summed E-state index contributed by atoms with van der Waals surface area (Å²) in [5.41, 5.74) is 3.55. The number of nitro benzene ring substituents is 1. The van der Waals surface area contributed by atoms with Gasteiger partial charge in [-0.25, -0.2) is 8.42 Å². The molecule has 0 spiro atoms. The fourth-order valence-electron chi connectivity index (χ4n) is 3.11. The van der Waals surface area contributed by atoms with Gasteiger partial charge in [-0.15, -0.1) is 0 Å². The van der Waals surface area contributed by atoms with E-state index in [9.17, 15) is 18.5 Å². The highest BCUT2D eigenvalue weighted by Crippen LogP contribution is 2.29. The van der Waals surface area contributed by atoms with Crippen LogP contribution >= 0.6 is 0 Å². The summed E-state index contributed by atoms with van der Waals surface area (Å²) in [5.74, 6) is 0.815. The molecule has 0 unspecified atom stereocenters. The minimum absolute atomic E-state index is 0.106. The number of hydrazone groups is 1. The van der Waals surface area contributed by atoms with E-state index in [1.54, 1.807) is 0 Å². The number of ether oxygens (including phenoxy) is 1. The third-order valence-corrected chi connectivity index (χ3v) is 6.29. The first-order chi connectivity index (χ1) is 13.6. The minimum atomic E-state index is -3.81. The Bertz CT molecular complexity index is 834. The van der Waals surface area contributed by atoms with Gasteiger partial charge in [-0.2, -0.15) is 9.41 Å². The fourth-order valence-corrected chi connectivity index (χ4v) is 4.54. The Labute approximate surface area is 172 Å². The molecule has 162 valence electrons. The maximum absolute atomic E-state index is 12.8. The molecule has 1 aromatic rings. The Kier molecular flexibility index (Phi) is 8.12. The predicted molar refractivity (Wildman–Crippen MR) is 113 cm³/mol. The molecular formula is C19H30N4O5S. The summed E-state index contributed by atoms with van der Waals surface area (Å²) in [6.07, 6.45) is 1.56. The maximum Gasteiger partial charge on any atom is 0.295 e. The number of anilines is 1. The average Bonchev–Trinajstić information content (AvgIpc) is 2.65. The van der Waals surface area contributed by atoms with Gasteiger partial charge in [-0.1, -0.05) is 27.7 Å². The third-order valence-electron chi connectivity index (χ3n) is 4.40. The van der Waals surface area contributed by atoms with E-state index in [0.29, 0.717) is 25.0 Å². The number of benzene rings is 1. The van der Waals surface area contributed by atoms with E-state index in [4.69, 9.17) is 4.74 Å². The highest BCUT2D eigenvalue weighted by molar-refractivity contribution is 7.89. The lowest BCUT2D eigenvalue weighted by molar-refractivity contribution is -0.384. The summed E-state index contributed by atoms with van der Waals surface area (Å²) in [6.45, 7) is 9.43. The lowest BCUT2D eigenvalue weighted by Crippen LogP contribution is -2.40. The Morgan fingerprint density at radius 1 is 1.21 bits per heavy atom. The zero-order chi connectivity index (χ0) is 21.6. The van der Waals surface area contributed by atoms with Crippen molar-refractivity contribution in [3.63, 3.8) is 0 Å². The van der Waals surface area contributed by atoms with Crippen LogP contribution in [0, 0.1) is 22.0 Å². The lowest BCUT2D eigenvalue weighted by Gasteiger charge is -2.26. The van der Waals surface area contributed by atoms with Crippen molar-refractivity contribution in [1.82, 2.24) is 4.31 Å². The standard InChI is InChI=1S/C19H30N4O5S/c1-14(2)11-16(12-15(3)4)20-21-18-6-5-17(13-19(18)23(24)25)29(26,27)22-7-9-28-10-8-22/h5-6,13-15,21H,7-12H2,1-4H3. The zero-order valence-corrected chi connectivity index (χ0v) is 18.2. The number of nitrogens with zero attached hydrogens (tertiary/aromatic N) is 3. The summed E-state index contributed by atoms with van der Waals surface area (Å²) < 4.78 is 32.0. The van der Waals surface area contributed by atoms with Crippen LogP contribution in [0.25, 0.3) is 0 Å². The van der Waals surface area contributed by atoms with Gasteiger partial charge in [0.15, 0.2) is 0 Å². The van der Waals surface area contributed by atoms with E-state index in [-0.39, 0.29) is 29.4 Å². The van der Waals surface area contributed by atoms with Crippen LogP contribution in [-0.4, -0.2) is 49.7 Å². The smallest absolute Gasteiger partial charge is 0.295 e. The summed E-state index contributed by atoms with van der Waals surface area (Å²) in [5, 5.41) is 16.0. The molecule has 1 heterocycles. The highest BCUT2D eigenvalue weighted by Gasteiger charge is 2.28. The van der Waals surface area contributed by atoms with Gasteiger partial charge in [0.1, 0.15) is 5.69 Å². The van der Waals surface area contributed by atoms with Crippen LogP contribution in [0.15, 0.2) is 28.2 Å². The monoisotopic (exact) mass is 426 g/mol. The molecule has 0 radical (unpaired) electrons. The Morgan fingerprint density at radius 3 is 2.31 bits per heavy atom. The number of nitro groups is 1. The topological polar surface area (TPSA) is 114 Å². The van der Waals surface area contributed by atoms with Crippen LogP contribution in [0.1, 0.15) is 40.5 Å². The second-order valence-corrected chi connectivity index (χ2v) is 9.88. The molecule has 1 N–H and O–H groups in total. The summed E-state index contributed by atoms with van der Waals surface area (Å²) in [6, 6.07) is 3.87. The Hall–Kier alpha value is -2.04. The molecule has 1 aromatic carbocycles. The first kappa shape index (κ1) is 23.2. The Morgan fingerprint density at radius 2 is 1.79 bits per heavy atom. The van der Waals surface area contributed by atoms with E-state index >= 15 is 0 Å². The van der Waals surface area contributed by atoms with Crippen LogP contribution in [0.5, 0.6) is 0 Å². The molecule has 1 aliphatic rings. The second-order valence-electron chi connectivity index (χ2n) is 7.94. The van der Waals surface area contributed by atoms with Crippen molar-refractivity contribution >= 4 is 27.1 Å². The molecule has 29 heavy (non-hydrogen) atoms. The van der Waals surface area contributed by atoms with Crippen LogP contribution < -0.4 is 5.43 Å². The summed E-state index contributed by atoms with van der Waals surface area (Å²) >= 11 is 0. The van der Waals surface area contributed by atoms with Crippen molar-refractivity contribution in [1.29, 1.82) is 0 Å². The third kappa shape index (κ3) is 6.48. The quantitative estimate of drug-likeness (QED) is 0.367. The van der Waals surface area contributed by atoms with Crippen molar-refractivity contribution < 1.29 is 18.1 Å². The maximum atomic E-state index is 12.8. The molecule has 1 saturated heterocycles. The van der Waals surface area contributed by atoms with Crippen molar-refractivity contribution in [2.24, 2.45) is 16.9 Å². The molecule has 0 amide bonds. The highest BCUT2D eigenvalue weighted by atomic mass is 32.2. The van der Waals surface area contributed by atoms with Gasteiger partial charge in [0, 0.05) is 24.9 Å². The van der Waals surface area contributed by atoms with Crippen LogP contribution in [-0.2, 0) is 14.8 Å². The summed E-state index contributed by atoms with van der Waals surface area (Å²) in [7, 11) is -3.81. The molecule has 10 heteroatoms. The lowest BCUT2D eigenvalue weighted by atomic mass is 9.99. The van der Waals surface area contributed by atoms with Gasteiger partial charge in [-0.3, -0.25) is 15.5 Å². The molecule has 0 saturated carbocycles. The van der Waals surface area contributed by atoms with Crippen molar-refractivity contribution in [3.8, 4) is 0 Å². The van der Waals surface area contributed by atoms with Crippen molar-refractivity contribution in [2.75, 3.05) is 31.7 Å². The number of rotatable bonds is 9. The average molecular weight is 427 g/mol. The largest absolute Gasteiger partial charge is 0.379 e. The molecule has 0 aromatic heterocycles. The number of nitrogens with one attached hydrogen (secondary N) is 1. The summed E-state index contributed by atoms with van der Waals surface area (Å²) in [4.78, 5) is 10.9. The van der Waals surface area contributed by atoms with Crippen LogP contribution in [0.2, 0.25) is 0 Å². The van der Waals surface area contributed by atoms with Crippen LogP contribution in [0.4, 0.5) is 11.4 Å². The minimum Gasteiger partial charge on any atom is -0.379 e. The zero-order valence-electron chi connectivity index (χ0n) is 17.4. The molecule has 0 bridgehead atoms. The Balaban J connectivity index is 2.31. The van der Waals surface area contributed by atoms with Gasteiger partial charge in [0.05, 0.1) is 23.0 Å². The molecule has 2 rings (SSSR count). The van der Waals surface area contributed by atoms with E-state index in [1.807, 2.05) is 0 Å². The number of sulfonamides is 1. The molecular weight excluding hydrogens is 396 g/mol. The van der Waals surface area contributed by atoms with Gasteiger partial charge in [-0.05, 0) is 36.8 Å². The van der Waals surface area contributed by atoms with E-state index < -0.39 is 14.9 Å². The number of morpholine rings is 1. The number of hydrogen-bond donors (Lipinski definition) is 1. The normalized spacial score (nSPS) is 15.5. The van der Waals surface area contributed by atoms with Gasteiger partial charge in [0.2, 0.25) is 10.0 Å². The second kappa shape index (κ2) is 10.1. The molecule has 1 aliphatic heterocycles. The van der Waals surface area contributed by atoms with Gasteiger partial charge in [0.25, 0.3) is 5.69 Å². The van der Waals surface area contributed by atoms with Crippen LogP contribution in [0.3, 0.4) is 0 Å². The first-order valence-corrected chi connectivity index (χ1v) is 11.2. The van der Waals surface area contributed by atoms with E-state index in [1.165, 1.54) is 16.4 Å².